The summed E-state index contributed by atoms with van der Waals surface area (Å²) >= 11 is 0. The molecule has 21 heavy (non-hydrogen) atoms. The molecule has 0 unspecified atom stereocenters. The highest BCUT2D eigenvalue weighted by Gasteiger charge is 2.01. The van der Waals surface area contributed by atoms with E-state index in [1.807, 2.05) is 43.3 Å². The Hall–Kier alpha value is -2.07. The topological polar surface area (TPSA) is 46.2 Å². The van der Waals surface area contributed by atoms with Crippen LogP contribution in [-0.4, -0.2) is 24.7 Å². The summed E-state index contributed by atoms with van der Waals surface area (Å²) in [6.45, 7) is 6.50. The lowest BCUT2D eigenvalue weighted by molar-refractivity contribution is 0.147. The molecule has 2 N–H and O–H groups in total. The maximum Gasteiger partial charge on any atom is 0.133 e. The number of anilines is 3. The number of aromatic nitrogens is 1. The smallest absolute Gasteiger partial charge is 0.133 e. The second-order valence-electron chi connectivity index (χ2n) is 4.88. The summed E-state index contributed by atoms with van der Waals surface area (Å²) in [5.74, 6) is 1.75. The van der Waals surface area contributed by atoms with Crippen LogP contribution in [0.1, 0.15) is 18.9 Å². The number of nitrogens with one attached hydrogen (secondary N) is 2. The molecular formula is C17H23N3O. The molecule has 0 radical (unpaired) electrons. The van der Waals surface area contributed by atoms with E-state index in [-0.39, 0.29) is 0 Å². The molecule has 112 valence electrons. The third-order valence-corrected chi connectivity index (χ3v) is 2.99. The van der Waals surface area contributed by atoms with Gasteiger partial charge in [0.05, 0.1) is 0 Å². The van der Waals surface area contributed by atoms with Crippen molar-refractivity contribution < 1.29 is 4.74 Å². The molecule has 0 aliphatic heterocycles. The van der Waals surface area contributed by atoms with Gasteiger partial charge in [0.15, 0.2) is 0 Å². The number of para-hydroxylation sites is 1. The molecule has 0 aliphatic carbocycles. The minimum Gasteiger partial charge on any atom is -0.382 e. The van der Waals surface area contributed by atoms with Crippen LogP contribution in [0.5, 0.6) is 0 Å². The largest absolute Gasteiger partial charge is 0.382 e. The van der Waals surface area contributed by atoms with Crippen molar-refractivity contribution in [2.75, 3.05) is 30.4 Å². The SMILES string of the molecule is CCOCCCNc1cc(C)cc(Nc2ccccc2)n1. The van der Waals surface area contributed by atoms with Gasteiger partial charge in [-0.1, -0.05) is 18.2 Å². The number of rotatable bonds is 8. The van der Waals surface area contributed by atoms with Gasteiger partial charge >= 0.3 is 0 Å². The van der Waals surface area contributed by atoms with E-state index in [1.165, 1.54) is 5.56 Å². The molecule has 0 fully saturated rings. The van der Waals surface area contributed by atoms with Gasteiger partial charge in [-0.3, -0.25) is 0 Å². The minimum absolute atomic E-state index is 0.772. The van der Waals surface area contributed by atoms with Gasteiger partial charge in [-0.2, -0.15) is 0 Å². The van der Waals surface area contributed by atoms with Crippen molar-refractivity contribution in [3.63, 3.8) is 0 Å². The highest BCUT2D eigenvalue weighted by atomic mass is 16.5. The molecule has 4 nitrogen and oxygen atoms in total. The number of hydrogen-bond donors (Lipinski definition) is 2. The van der Waals surface area contributed by atoms with Crippen molar-refractivity contribution in [1.82, 2.24) is 4.98 Å². The normalized spacial score (nSPS) is 10.4. The van der Waals surface area contributed by atoms with Gasteiger partial charge in [0.1, 0.15) is 11.6 Å². The zero-order valence-electron chi connectivity index (χ0n) is 12.7. The van der Waals surface area contributed by atoms with Crippen LogP contribution < -0.4 is 10.6 Å². The van der Waals surface area contributed by atoms with Crippen molar-refractivity contribution in [3.8, 4) is 0 Å². The van der Waals surface area contributed by atoms with Gasteiger partial charge in [0.25, 0.3) is 0 Å². The average molecular weight is 285 g/mol. The van der Waals surface area contributed by atoms with Gasteiger partial charge in [-0.05, 0) is 50.1 Å². The molecule has 1 aromatic heterocycles. The van der Waals surface area contributed by atoms with Crippen LogP contribution in [0.15, 0.2) is 42.5 Å². The van der Waals surface area contributed by atoms with Crippen LogP contribution in [-0.2, 0) is 4.74 Å². The lowest BCUT2D eigenvalue weighted by Gasteiger charge is -2.11. The van der Waals surface area contributed by atoms with Crippen LogP contribution in [0.3, 0.4) is 0 Å². The summed E-state index contributed by atoms with van der Waals surface area (Å²) in [6, 6.07) is 14.2. The number of pyridine rings is 1. The Labute approximate surface area is 126 Å². The van der Waals surface area contributed by atoms with E-state index < -0.39 is 0 Å². The predicted octanol–water partition coefficient (Wildman–Crippen LogP) is 3.97. The summed E-state index contributed by atoms with van der Waals surface area (Å²) in [5.41, 5.74) is 2.22. The maximum atomic E-state index is 5.33. The molecule has 0 saturated heterocycles. The molecule has 2 aromatic rings. The first-order chi connectivity index (χ1) is 10.3. The molecule has 0 amide bonds. The van der Waals surface area contributed by atoms with Crippen molar-refractivity contribution >= 4 is 17.3 Å². The fourth-order valence-corrected chi connectivity index (χ4v) is 2.03. The lowest BCUT2D eigenvalue weighted by atomic mass is 10.2. The quantitative estimate of drug-likeness (QED) is 0.720. The van der Waals surface area contributed by atoms with Gasteiger partial charge in [0.2, 0.25) is 0 Å². The van der Waals surface area contributed by atoms with Crippen molar-refractivity contribution in [1.29, 1.82) is 0 Å². The van der Waals surface area contributed by atoms with E-state index in [1.54, 1.807) is 0 Å². The average Bonchev–Trinajstić information content (AvgIpc) is 2.47. The fourth-order valence-electron chi connectivity index (χ4n) is 2.03. The monoisotopic (exact) mass is 285 g/mol. The van der Waals surface area contributed by atoms with E-state index in [2.05, 4.69) is 28.6 Å². The predicted molar refractivity (Wildman–Crippen MR) is 88.3 cm³/mol. The van der Waals surface area contributed by atoms with E-state index in [0.29, 0.717) is 0 Å². The molecule has 0 saturated carbocycles. The van der Waals surface area contributed by atoms with Crippen molar-refractivity contribution in [2.45, 2.75) is 20.3 Å². The van der Waals surface area contributed by atoms with Crippen LogP contribution in [0.4, 0.5) is 17.3 Å². The highest BCUT2D eigenvalue weighted by Crippen LogP contribution is 2.18. The second-order valence-corrected chi connectivity index (χ2v) is 4.88. The summed E-state index contributed by atoms with van der Waals surface area (Å²) in [5, 5.41) is 6.66. The Kier molecular flexibility index (Phi) is 6.03. The zero-order valence-corrected chi connectivity index (χ0v) is 12.7. The van der Waals surface area contributed by atoms with Crippen molar-refractivity contribution in [2.24, 2.45) is 0 Å². The molecule has 0 bridgehead atoms. The van der Waals surface area contributed by atoms with Gasteiger partial charge in [0, 0.05) is 25.4 Å². The van der Waals surface area contributed by atoms with Crippen LogP contribution in [0, 0.1) is 6.92 Å². The molecule has 1 aromatic carbocycles. The molecule has 2 rings (SSSR count). The summed E-state index contributed by atoms with van der Waals surface area (Å²) in [6.07, 6.45) is 0.977. The van der Waals surface area contributed by atoms with E-state index in [9.17, 15) is 0 Å². The number of nitrogens with zero attached hydrogens (tertiary/aromatic N) is 1. The van der Waals surface area contributed by atoms with Crippen LogP contribution in [0.2, 0.25) is 0 Å². The van der Waals surface area contributed by atoms with Crippen LogP contribution >= 0.6 is 0 Å². The van der Waals surface area contributed by atoms with Gasteiger partial charge in [-0.25, -0.2) is 4.98 Å². The third kappa shape index (κ3) is 5.44. The number of benzene rings is 1. The Morgan fingerprint density at radius 3 is 2.62 bits per heavy atom. The summed E-state index contributed by atoms with van der Waals surface area (Å²) < 4.78 is 5.33. The summed E-state index contributed by atoms with van der Waals surface area (Å²) in [7, 11) is 0. The number of aryl methyl sites for hydroxylation is 1. The van der Waals surface area contributed by atoms with Gasteiger partial charge in [-0.15, -0.1) is 0 Å². The molecule has 1 heterocycles. The Bertz CT molecular complexity index is 543. The van der Waals surface area contributed by atoms with Crippen LogP contribution in [0.25, 0.3) is 0 Å². The first-order valence-electron chi connectivity index (χ1n) is 7.40. The summed E-state index contributed by atoms with van der Waals surface area (Å²) in [4.78, 5) is 4.58. The third-order valence-electron chi connectivity index (χ3n) is 2.99. The first kappa shape index (κ1) is 15.3. The highest BCUT2D eigenvalue weighted by molar-refractivity contribution is 5.59. The first-order valence-corrected chi connectivity index (χ1v) is 7.40. The molecule has 0 atom stereocenters. The Morgan fingerprint density at radius 1 is 1.10 bits per heavy atom. The number of hydrogen-bond acceptors (Lipinski definition) is 4. The second kappa shape index (κ2) is 8.27. The Balaban J connectivity index is 1.94. The number of ether oxygens (including phenoxy) is 1. The van der Waals surface area contributed by atoms with E-state index >= 15 is 0 Å². The molecule has 0 aliphatic rings. The zero-order chi connectivity index (χ0) is 14.9. The molecular weight excluding hydrogens is 262 g/mol. The maximum absolute atomic E-state index is 5.33. The fraction of sp³-hybridized carbons (Fsp3) is 0.353. The standard InChI is InChI=1S/C17H23N3O/c1-3-21-11-7-10-18-16-12-14(2)13-17(20-16)19-15-8-5-4-6-9-15/h4-6,8-9,12-13H,3,7,10-11H2,1-2H3,(H2,18,19,20). The minimum atomic E-state index is 0.772. The lowest BCUT2D eigenvalue weighted by Crippen LogP contribution is -2.08. The van der Waals surface area contributed by atoms with Crippen molar-refractivity contribution in [3.05, 3.63) is 48.0 Å². The van der Waals surface area contributed by atoms with E-state index in [4.69, 9.17) is 4.74 Å². The molecule has 0 spiro atoms. The molecule has 4 heteroatoms. The van der Waals surface area contributed by atoms with E-state index in [0.717, 1.165) is 43.5 Å². The Morgan fingerprint density at radius 2 is 1.86 bits per heavy atom. The van der Waals surface area contributed by atoms with Gasteiger partial charge < -0.3 is 15.4 Å².